The molecule has 4 heteroatoms. The van der Waals surface area contributed by atoms with E-state index >= 15 is 0 Å². The number of hydrogen-bond donors (Lipinski definition) is 2. The Hall–Kier alpha value is -2.33. The molecule has 2 aromatic rings. The summed E-state index contributed by atoms with van der Waals surface area (Å²) in [6.07, 6.45) is 0.612. The highest BCUT2D eigenvalue weighted by atomic mass is 16.5. The van der Waals surface area contributed by atoms with E-state index in [-0.39, 0.29) is 12.5 Å². The van der Waals surface area contributed by atoms with Gasteiger partial charge in [0.25, 0.3) is 5.91 Å². The quantitative estimate of drug-likeness (QED) is 0.878. The highest BCUT2D eigenvalue weighted by Crippen LogP contribution is 2.19. The van der Waals surface area contributed by atoms with Crippen molar-refractivity contribution in [1.82, 2.24) is 0 Å². The first kappa shape index (κ1) is 14.1. The Morgan fingerprint density at radius 3 is 2.50 bits per heavy atom. The lowest BCUT2D eigenvalue weighted by molar-refractivity contribution is 0.102. The molecule has 0 aromatic heterocycles. The molecule has 0 fully saturated rings. The minimum absolute atomic E-state index is 0.118. The molecule has 1 amide bonds. The summed E-state index contributed by atoms with van der Waals surface area (Å²) >= 11 is 0. The predicted molar refractivity (Wildman–Crippen MR) is 78.2 cm³/mol. The van der Waals surface area contributed by atoms with Gasteiger partial charge in [-0.15, -0.1) is 0 Å². The molecule has 0 saturated heterocycles. The van der Waals surface area contributed by atoms with Crippen LogP contribution in [-0.4, -0.2) is 24.7 Å². The van der Waals surface area contributed by atoms with Gasteiger partial charge in [0.05, 0.1) is 12.7 Å². The number of benzene rings is 2. The lowest BCUT2D eigenvalue weighted by atomic mass is 10.1. The normalized spacial score (nSPS) is 10.1. The van der Waals surface area contributed by atoms with E-state index in [0.29, 0.717) is 23.4 Å². The van der Waals surface area contributed by atoms with E-state index in [4.69, 9.17) is 9.84 Å². The van der Waals surface area contributed by atoms with Gasteiger partial charge in [-0.2, -0.15) is 0 Å². The first-order valence-corrected chi connectivity index (χ1v) is 6.38. The van der Waals surface area contributed by atoms with Crippen molar-refractivity contribution in [3.05, 3.63) is 59.7 Å². The second kappa shape index (κ2) is 6.73. The maximum atomic E-state index is 12.2. The molecule has 0 aliphatic heterocycles. The second-order valence-corrected chi connectivity index (χ2v) is 4.32. The fraction of sp³-hybridized carbons (Fsp3) is 0.188. The fourth-order valence-corrected chi connectivity index (χ4v) is 1.91. The molecule has 0 aliphatic rings. The Labute approximate surface area is 118 Å². The predicted octanol–water partition coefficient (Wildman–Crippen LogP) is 2.48. The van der Waals surface area contributed by atoms with Gasteiger partial charge in [-0.25, -0.2) is 0 Å². The third-order valence-corrected chi connectivity index (χ3v) is 2.96. The largest absolute Gasteiger partial charge is 0.496 e. The van der Waals surface area contributed by atoms with Crippen molar-refractivity contribution >= 4 is 11.6 Å². The third kappa shape index (κ3) is 3.36. The van der Waals surface area contributed by atoms with Gasteiger partial charge in [-0.3, -0.25) is 4.79 Å². The molecule has 4 nitrogen and oxygen atoms in total. The number of aliphatic hydroxyl groups excluding tert-OH is 1. The summed E-state index contributed by atoms with van der Waals surface area (Å²) in [7, 11) is 1.54. The zero-order valence-electron chi connectivity index (χ0n) is 11.3. The number of anilines is 1. The van der Waals surface area contributed by atoms with Crippen LogP contribution in [0.3, 0.4) is 0 Å². The van der Waals surface area contributed by atoms with E-state index in [2.05, 4.69) is 5.32 Å². The van der Waals surface area contributed by atoms with Gasteiger partial charge in [0.1, 0.15) is 5.75 Å². The molecule has 0 atom stereocenters. The molecule has 104 valence electrons. The minimum Gasteiger partial charge on any atom is -0.496 e. The van der Waals surface area contributed by atoms with Crippen molar-refractivity contribution in [2.75, 3.05) is 19.0 Å². The molecule has 2 aromatic carbocycles. The van der Waals surface area contributed by atoms with Gasteiger partial charge in [0.2, 0.25) is 0 Å². The average molecular weight is 271 g/mol. The van der Waals surface area contributed by atoms with Crippen molar-refractivity contribution in [2.45, 2.75) is 6.42 Å². The monoisotopic (exact) mass is 271 g/mol. The number of rotatable bonds is 5. The molecular formula is C16H17NO3. The van der Waals surface area contributed by atoms with E-state index in [0.717, 1.165) is 5.56 Å². The van der Waals surface area contributed by atoms with Crippen molar-refractivity contribution in [2.24, 2.45) is 0 Å². The molecule has 2 N–H and O–H groups in total. The fourth-order valence-electron chi connectivity index (χ4n) is 1.91. The van der Waals surface area contributed by atoms with Gasteiger partial charge in [-0.05, 0) is 36.2 Å². The van der Waals surface area contributed by atoms with Crippen LogP contribution in [0.2, 0.25) is 0 Å². The molecule has 0 bridgehead atoms. The average Bonchev–Trinajstić information content (AvgIpc) is 2.49. The summed E-state index contributed by atoms with van der Waals surface area (Å²) in [6, 6.07) is 14.5. The highest BCUT2D eigenvalue weighted by molar-refractivity contribution is 6.06. The lowest BCUT2D eigenvalue weighted by Gasteiger charge is -2.09. The van der Waals surface area contributed by atoms with Gasteiger partial charge in [-0.1, -0.05) is 24.3 Å². The summed E-state index contributed by atoms with van der Waals surface area (Å²) in [6.45, 7) is 0.118. The van der Waals surface area contributed by atoms with Gasteiger partial charge < -0.3 is 15.2 Å². The number of carbonyl (C=O) groups is 1. The SMILES string of the molecule is COc1ccccc1C(=O)Nc1ccc(CCO)cc1. The maximum absolute atomic E-state index is 12.2. The minimum atomic E-state index is -0.211. The smallest absolute Gasteiger partial charge is 0.259 e. The number of amides is 1. The first-order valence-electron chi connectivity index (χ1n) is 6.38. The van der Waals surface area contributed by atoms with E-state index in [1.165, 1.54) is 7.11 Å². The number of ether oxygens (including phenoxy) is 1. The summed E-state index contributed by atoms with van der Waals surface area (Å²) in [5.74, 6) is 0.333. The molecule has 0 aliphatic carbocycles. The van der Waals surface area contributed by atoms with Crippen LogP contribution >= 0.6 is 0 Å². The Balaban J connectivity index is 2.11. The summed E-state index contributed by atoms with van der Waals surface area (Å²) in [4.78, 5) is 12.2. The lowest BCUT2D eigenvalue weighted by Crippen LogP contribution is -2.13. The molecule has 0 unspecified atom stereocenters. The zero-order valence-corrected chi connectivity index (χ0v) is 11.3. The van der Waals surface area contributed by atoms with E-state index < -0.39 is 0 Å². The molecular weight excluding hydrogens is 254 g/mol. The topological polar surface area (TPSA) is 58.6 Å². The number of methoxy groups -OCH3 is 1. The molecule has 0 saturated carbocycles. The van der Waals surface area contributed by atoms with Gasteiger partial charge >= 0.3 is 0 Å². The first-order chi connectivity index (χ1) is 9.74. The Morgan fingerprint density at radius 2 is 1.85 bits per heavy atom. The Morgan fingerprint density at radius 1 is 1.15 bits per heavy atom. The van der Waals surface area contributed by atoms with Crippen LogP contribution < -0.4 is 10.1 Å². The van der Waals surface area contributed by atoms with Crippen LogP contribution in [0, 0.1) is 0 Å². The molecule has 0 radical (unpaired) electrons. The van der Waals surface area contributed by atoms with E-state index in [1.807, 2.05) is 30.3 Å². The molecule has 0 heterocycles. The Kier molecular flexibility index (Phi) is 4.74. The number of aliphatic hydroxyl groups is 1. The van der Waals surface area contributed by atoms with Crippen molar-refractivity contribution in [3.63, 3.8) is 0 Å². The van der Waals surface area contributed by atoms with E-state index in [9.17, 15) is 4.79 Å². The summed E-state index contributed by atoms with van der Waals surface area (Å²) < 4.78 is 5.17. The van der Waals surface area contributed by atoms with Crippen LogP contribution in [0.5, 0.6) is 5.75 Å². The van der Waals surface area contributed by atoms with Crippen molar-refractivity contribution < 1.29 is 14.6 Å². The van der Waals surface area contributed by atoms with Crippen LogP contribution in [0.4, 0.5) is 5.69 Å². The number of carbonyl (C=O) groups excluding carboxylic acids is 1. The standard InChI is InChI=1S/C16H17NO3/c1-20-15-5-3-2-4-14(15)16(19)17-13-8-6-12(7-9-13)10-11-18/h2-9,18H,10-11H2,1H3,(H,17,19). The molecule has 20 heavy (non-hydrogen) atoms. The Bertz CT molecular complexity index is 579. The van der Waals surface area contributed by atoms with Crippen LogP contribution in [0.25, 0.3) is 0 Å². The zero-order chi connectivity index (χ0) is 14.4. The van der Waals surface area contributed by atoms with Crippen LogP contribution in [-0.2, 0) is 6.42 Å². The maximum Gasteiger partial charge on any atom is 0.259 e. The highest BCUT2D eigenvalue weighted by Gasteiger charge is 2.11. The summed E-state index contributed by atoms with van der Waals surface area (Å²) in [5.41, 5.74) is 2.24. The van der Waals surface area contributed by atoms with Crippen molar-refractivity contribution in [1.29, 1.82) is 0 Å². The number of nitrogens with one attached hydrogen (secondary N) is 1. The summed E-state index contributed by atoms with van der Waals surface area (Å²) in [5, 5.41) is 11.7. The second-order valence-electron chi connectivity index (χ2n) is 4.32. The molecule has 2 rings (SSSR count). The number of hydrogen-bond acceptors (Lipinski definition) is 3. The number of para-hydroxylation sites is 1. The third-order valence-electron chi connectivity index (χ3n) is 2.96. The van der Waals surface area contributed by atoms with Gasteiger partial charge in [0.15, 0.2) is 0 Å². The van der Waals surface area contributed by atoms with Crippen molar-refractivity contribution in [3.8, 4) is 5.75 Å². The van der Waals surface area contributed by atoms with E-state index in [1.54, 1.807) is 18.2 Å². The molecule has 0 spiro atoms. The van der Waals surface area contributed by atoms with Crippen LogP contribution in [0.15, 0.2) is 48.5 Å². The van der Waals surface area contributed by atoms with Gasteiger partial charge in [0, 0.05) is 12.3 Å². The van der Waals surface area contributed by atoms with Crippen LogP contribution in [0.1, 0.15) is 15.9 Å².